The molecule has 1 fully saturated rings. The second-order valence-electron chi connectivity index (χ2n) is 7.67. The summed E-state index contributed by atoms with van der Waals surface area (Å²) in [6.45, 7) is 2.02. The number of nitrogens with one attached hydrogen (secondary N) is 1. The Morgan fingerprint density at radius 1 is 1.06 bits per heavy atom. The molecule has 1 aliphatic rings. The molecule has 8 heteroatoms. The number of carbonyl (C=O) groups excluding carboxylic acids is 3. The molecule has 34 heavy (non-hydrogen) atoms. The van der Waals surface area contributed by atoms with Crippen molar-refractivity contribution in [2.45, 2.75) is 13.5 Å². The van der Waals surface area contributed by atoms with Gasteiger partial charge in [-0.25, -0.2) is 0 Å². The highest BCUT2D eigenvalue weighted by molar-refractivity contribution is 8.18. The Morgan fingerprint density at radius 3 is 2.59 bits per heavy atom. The van der Waals surface area contributed by atoms with Crippen LogP contribution in [0.25, 0.3) is 6.08 Å². The second-order valence-corrected chi connectivity index (χ2v) is 9.10. The van der Waals surface area contributed by atoms with Gasteiger partial charge in [0.1, 0.15) is 5.75 Å². The molecule has 0 spiro atoms. The summed E-state index contributed by atoms with van der Waals surface area (Å²) < 4.78 is 5.59. The predicted octanol–water partition coefficient (Wildman–Crippen LogP) is 5.90. The Kier molecular flexibility index (Phi) is 7.35. The zero-order chi connectivity index (χ0) is 24.1. The average Bonchev–Trinajstić information content (AvgIpc) is 3.07. The summed E-state index contributed by atoms with van der Waals surface area (Å²) >= 11 is 6.76. The molecule has 0 aliphatic carbocycles. The average molecular weight is 493 g/mol. The summed E-state index contributed by atoms with van der Waals surface area (Å²) in [7, 11) is 0. The third-order valence-corrected chi connectivity index (χ3v) is 6.11. The second kappa shape index (κ2) is 10.6. The predicted molar refractivity (Wildman–Crippen MR) is 135 cm³/mol. The van der Waals surface area contributed by atoms with Crippen molar-refractivity contribution in [3.63, 3.8) is 0 Å². The Bertz CT molecular complexity index is 1270. The molecule has 0 unspecified atom stereocenters. The summed E-state index contributed by atoms with van der Waals surface area (Å²) in [5.74, 6) is -0.172. The molecular weight excluding hydrogens is 472 g/mol. The van der Waals surface area contributed by atoms with E-state index in [9.17, 15) is 14.4 Å². The Morgan fingerprint density at radius 2 is 1.82 bits per heavy atom. The van der Waals surface area contributed by atoms with Gasteiger partial charge in [0.05, 0.1) is 11.4 Å². The van der Waals surface area contributed by atoms with E-state index in [4.69, 9.17) is 16.3 Å². The number of benzene rings is 3. The molecule has 1 heterocycles. The van der Waals surface area contributed by atoms with E-state index >= 15 is 0 Å². The largest absolute Gasteiger partial charge is 0.484 e. The van der Waals surface area contributed by atoms with Crippen molar-refractivity contribution < 1.29 is 19.1 Å². The van der Waals surface area contributed by atoms with Crippen molar-refractivity contribution >= 4 is 52.2 Å². The first-order valence-corrected chi connectivity index (χ1v) is 11.7. The van der Waals surface area contributed by atoms with E-state index < -0.39 is 0 Å². The van der Waals surface area contributed by atoms with Crippen LogP contribution in [0.5, 0.6) is 5.75 Å². The molecule has 0 bridgehead atoms. The lowest BCUT2D eigenvalue weighted by Crippen LogP contribution is -2.27. The van der Waals surface area contributed by atoms with Crippen LogP contribution in [-0.2, 0) is 16.1 Å². The van der Waals surface area contributed by atoms with Crippen LogP contribution in [0, 0.1) is 6.92 Å². The van der Waals surface area contributed by atoms with Gasteiger partial charge in [-0.1, -0.05) is 53.6 Å². The number of imide groups is 1. The van der Waals surface area contributed by atoms with Crippen LogP contribution in [0.2, 0.25) is 5.02 Å². The SMILES string of the molecule is Cc1cccc(CN2C(=O)S/C(=C\c3cccc(OCC(=O)Nc4ccc(Cl)cc4)c3)C2=O)c1. The number of hydrogen-bond acceptors (Lipinski definition) is 5. The number of aryl methyl sites for hydroxylation is 1. The van der Waals surface area contributed by atoms with E-state index in [1.54, 1.807) is 54.6 Å². The Balaban J connectivity index is 1.38. The maximum atomic E-state index is 12.8. The van der Waals surface area contributed by atoms with Crippen LogP contribution in [0.1, 0.15) is 16.7 Å². The lowest BCUT2D eigenvalue weighted by Gasteiger charge is -2.12. The molecule has 3 aromatic rings. The van der Waals surface area contributed by atoms with Crippen LogP contribution in [0.15, 0.2) is 77.7 Å². The summed E-state index contributed by atoms with van der Waals surface area (Å²) in [6, 6.07) is 21.5. The quantitative estimate of drug-likeness (QED) is 0.415. The van der Waals surface area contributed by atoms with Gasteiger partial charge in [-0.3, -0.25) is 19.3 Å². The zero-order valence-electron chi connectivity index (χ0n) is 18.3. The zero-order valence-corrected chi connectivity index (χ0v) is 19.9. The van der Waals surface area contributed by atoms with E-state index in [2.05, 4.69) is 5.32 Å². The van der Waals surface area contributed by atoms with Gasteiger partial charge in [0.25, 0.3) is 17.1 Å². The van der Waals surface area contributed by atoms with Crippen LogP contribution in [0.3, 0.4) is 0 Å². The molecule has 1 N–H and O–H groups in total. The molecular formula is C26H21ClN2O4S. The van der Waals surface area contributed by atoms with Gasteiger partial charge in [0, 0.05) is 10.7 Å². The van der Waals surface area contributed by atoms with Gasteiger partial charge in [-0.2, -0.15) is 0 Å². The van der Waals surface area contributed by atoms with Gasteiger partial charge in [-0.15, -0.1) is 0 Å². The smallest absolute Gasteiger partial charge is 0.293 e. The number of carbonyl (C=O) groups is 3. The summed E-state index contributed by atoms with van der Waals surface area (Å²) in [5.41, 5.74) is 3.28. The molecule has 0 saturated carbocycles. The van der Waals surface area contributed by atoms with Crippen molar-refractivity contribution in [2.75, 3.05) is 11.9 Å². The maximum absolute atomic E-state index is 12.8. The van der Waals surface area contributed by atoms with Crippen molar-refractivity contribution in [1.29, 1.82) is 0 Å². The molecule has 0 radical (unpaired) electrons. The number of hydrogen-bond donors (Lipinski definition) is 1. The molecule has 1 saturated heterocycles. The molecule has 4 rings (SSSR count). The topological polar surface area (TPSA) is 75.7 Å². The fraction of sp³-hybridized carbons (Fsp3) is 0.115. The first-order chi connectivity index (χ1) is 16.4. The highest BCUT2D eigenvalue weighted by atomic mass is 35.5. The third kappa shape index (κ3) is 6.07. The van der Waals surface area contributed by atoms with Crippen molar-refractivity contribution in [2.24, 2.45) is 0 Å². The minimum Gasteiger partial charge on any atom is -0.484 e. The Hall–Kier alpha value is -3.55. The highest BCUT2D eigenvalue weighted by Crippen LogP contribution is 2.33. The molecule has 3 aromatic carbocycles. The van der Waals surface area contributed by atoms with Crippen LogP contribution < -0.4 is 10.1 Å². The van der Waals surface area contributed by atoms with Crippen molar-refractivity contribution in [3.8, 4) is 5.75 Å². The number of amides is 3. The highest BCUT2D eigenvalue weighted by Gasteiger charge is 2.35. The third-order valence-electron chi connectivity index (χ3n) is 4.95. The molecule has 3 amide bonds. The minimum atomic E-state index is -0.329. The van der Waals surface area contributed by atoms with Gasteiger partial charge in [0.15, 0.2) is 6.61 Å². The normalized spacial score (nSPS) is 14.5. The van der Waals surface area contributed by atoms with Gasteiger partial charge < -0.3 is 10.1 Å². The van der Waals surface area contributed by atoms with Crippen LogP contribution in [-0.4, -0.2) is 28.6 Å². The monoisotopic (exact) mass is 492 g/mol. The van der Waals surface area contributed by atoms with Gasteiger partial charge >= 0.3 is 0 Å². The number of rotatable bonds is 7. The first-order valence-electron chi connectivity index (χ1n) is 10.5. The van der Waals surface area contributed by atoms with Crippen molar-refractivity contribution in [1.82, 2.24) is 4.90 Å². The number of thioether (sulfide) groups is 1. The van der Waals surface area contributed by atoms with E-state index in [-0.39, 0.29) is 30.2 Å². The molecule has 1 aliphatic heterocycles. The number of nitrogens with zero attached hydrogens (tertiary/aromatic N) is 1. The van der Waals surface area contributed by atoms with Crippen LogP contribution in [0.4, 0.5) is 10.5 Å². The first kappa shape index (κ1) is 23.6. The fourth-order valence-electron chi connectivity index (χ4n) is 3.35. The summed E-state index contributed by atoms with van der Waals surface area (Å²) in [4.78, 5) is 39.0. The van der Waals surface area contributed by atoms with Gasteiger partial charge in [0.2, 0.25) is 0 Å². The lowest BCUT2D eigenvalue weighted by molar-refractivity contribution is -0.123. The minimum absolute atomic E-state index is 0.181. The Labute approximate surface area is 206 Å². The van der Waals surface area contributed by atoms with E-state index in [0.29, 0.717) is 26.9 Å². The fourth-order valence-corrected chi connectivity index (χ4v) is 4.32. The molecule has 0 aromatic heterocycles. The van der Waals surface area contributed by atoms with E-state index in [1.807, 2.05) is 31.2 Å². The summed E-state index contributed by atoms with van der Waals surface area (Å²) in [6.07, 6.45) is 1.65. The van der Waals surface area contributed by atoms with Crippen LogP contribution >= 0.6 is 23.4 Å². The van der Waals surface area contributed by atoms with Crippen molar-refractivity contribution in [3.05, 3.63) is 99.4 Å². The standard InChI is InChI=1S/C26H21ClN2O4S/c1-17-4-2-6-19(12-17)15-29-25(31)23(34-26(29)32)14-18-5-3-7-22(13-18)33-16-24(30)28-21-10-8-20(27)9-11-21/h2-14H,15-16H2,1H3,(H,28,30)/b23-14-. The lowest BCUT2D eigenvalue weighted by atomic mass is 10.1. The number of halogens is 1. The number of anilines is 1. The van der Waals surface area contributed by atoms with E-state index in [0.717, 1.165) is 22.9 Å². The van der Waals surface area contributed by atoms with Gasteiger partial charge in [-0.05, 0) is 72.3 Å². The van der Waals surface area contributed by atoms with E-state index in [1.165, 1.54) is 4.90 Å². The molecule has 172 valence electrons. The summed E-state index contributed by atoms with van der Waals surface area (Å²) in [5, 5.41) is 3.01. The molecule has 6 nitrogen and oxygen atoms in total. The number of ether oxygens (including phenoxy) is 1. The maximum Gasteiger partial charge on any atom is 0.293 e. The molecule has 0 atom stereocenters.